The Morgan fingerprint density at radius 1 is 1.33 bits per heavy atom. The smallest absolute Gasteiger partial charge is 0.259 e. The third kappa shape index (κ3) is 3.92. The molecule has 0 radical (unpaired) electrons. The fourth-order valence-electron chi connectivity index (χ4n) is 1.99. The average Bonchev–Trinajstić information content (AvgIpc) is 3.26. The zero-order valence-corrected chi connectivity index (χ0v) is 14.8. The first-order chi connectivity index (χ1) is 11.7. The van der Waals surface area contributed by atoms with Gasteiger partial charge in [-0.1, -0.05) is 18.3 Å². The standard InChI is InChI=1S/C15H16N6OS2/c1-3-13-19-11(7-23-13)9(2)18-12-5-4-10(6-16-12)14(22)20-15-21-17-8-24-15/h4-9H,3H2,1-2H3,(H,16,18)(H,20,21,22). The Labute approximate surface area is 147 Å². The number of aryl methyl sites for hydroxylation is 1. The van der Waals surface area contributed by atoms with Crippen molar-refractivity contribution in [3.8, 4) is 0 Å². The summed E-state index contributed by atoms with van der Waals surface area (Å²) in [4.78, 5) is 20.9. The first-order valence-electron chi connectivity index (χ1n) is 7.40. The molecule has 1 unspecified atom stereocenters. The van der Waals surface area contributed by atoms with Crippen molar-refractivity contribution in [2.24, 2.45) is 0 Å². The van der Waals surface area contributed by atoms with E-state index in [-0.39, 0.29) is 11.9 Å². The lowest BCUT2D eigenvalue weighted by molar-refractivity contribution is 0.102. The van der Waals surface area contributed by atoms with Gasteiger partial charge in [0.2, 0.25) is 5.13 Å². The van der Waals surface area contributed by atoms with E-state index in [0.29, 0.717) is 16.5 Å². The second-order valence-corrected chi connectivity index (χ2v) is 6.79. The molecule has 7 nitrogen and oxygen atoms in total. The van der Waals surface area contributed by atoms with Crippen molar-refractivity contribution in [2.75, 3.05) is 10.6 Å². The molecule has 124 valence electrons. The van der Waals surface area contributed by atoms with Crippen LogP contribution >= 0.6 is 22.7 Å². The quantitative estimate of drug-likeness (QED) is 0.700. The van der Waals surface area contributed by atoms with Gasteiger partial charge in [-0.05, 0) is 25.5 Å². The SMILES string of the molecule is CCc1nc(C(C)Nc2ccc(C(=O)Nc3nncs3)cn2)cs1. The molecule has 0 aromatic carbocycles. The predicted octanol–water partition coefficient (Wildman–Crippen LogP) is 3.38. The lowest BCUT2D eigenvalue weighted by Crippen LogP contribution is -2.13. The van der Waals surface area contributed by atoms with E-state index in [9.17, 15) is 4.79 Å². The maximum atomic E-state index is 12.1. The number of pyridine rings is 1. The Morgan fingerprint density at radius 2 is 2.21 bits per heavy atom. The fraction of sp³-hybridized carbons (Fsp3) is 0.267. The van der Waals surface area contributed by atoms with Crippen LogP contribution in [0, 0.1) is 0 Å². The first-order valence-corrected chi connectivity index (χ1v) is 9.16. The third-order valence-electron chi connectivity index (χ3n) is 3.29. The minimum absolute atomic E-state index is 0.0510. The molecule has 9 heteroatoms. The van der Waals surface area contributed by atoms with Crippen LogP contribution in [0.2, 0.25) is 0 Å². The summed E-state index contributed by atoms with van der Waals surface area (Å²) in [5, 5.41) is 17.1. The number of amides is 1. The summed E-state index contributed by atoms with van der Waals surface area (Å²) in [5.41, 5.74) is 3.02. The highest BCUT2D eigenvalue weighted by Gasteiger charge is 2.12. The molecular formula is C15H16N6OS2. The molecule has 0 aliphatic rings. The normalized spacial score (nSPS) is 11.9. The molecule has 0 bridgehead atoms. The Morgan fingerprint density at radius 3 is 2.83 bits per heavy atom. The summed E-state index contributed by atoms with van der Waals surface area (Å²) in [7, 11) is 0. The summed E-state index contributed by atoms with van der Waals surface area (Å²) >= 11 is 2.93. The molecule has 0 saturated heterocycles. The average molecular weight is 360 g/mol. The molecule has 0 fully saturated rings. The highest BCUT2D eigenvalue weighted by Crippen LogP contribution is 2.20. The predicted molar refractivity (Wildman–Crippen MR) is 95.6 cm³/mol. The maximum absolute atomic E-state index is 12.1. The number of aromatic nitrogens is 4. The molecule has 3 heterocycles. The number of hydrogen-bond donors (Lipinski definition) is 2. The van der Waals surface area contributed by atoms with E-state index in [1.807, 2.05) is 6.92 Å². The monoisotopic (exact) mass is 360 g/mol. The molecule has 0 saturated carbocycles. The van der Waals surface area contributed by atoms with Crippen molar-refractivity contribution < 1.29 is 4.79 Å². The van der Waals surface area contributed by atoms with Crippen LogP contribution in [-0.2, 0) is 6.42 Å². The second kappa shape index (κ2) is 7.45. The molecule has 1 amide bonds. The van der Waals surface area contributed by atoms with Gasteiger partial charge in [0.15, 0.2) is 0 Å². The van der Waals surface area contributed by atoms with Crippen LogP contribution < -0.4 is 10.6 Å². The zero-order valence-electron chi connectivity index (χ0n) is 13.2. The maximum Gasteiger partial charge on any atom is 0.259 e. The second-order valence-electron chi connectivity index (χ2n) is 5.02. The van der Waals surface area contributed by atoms with Crippen molar-refractivity contribution in [3.63, 3.8) is 0 Å². The highest BCUT2D eigenvalue weighted by atomic mass is 32.1. The molecular weight excluding hydrogens is 344 g/mol. The third-order valence-corrected chi connectivity index (χ3v) is 4.90. The van der Waals surface area contributed by atoms with E-state index < -0.39 is 0 Å². The minimum atomic E-state index is -0.258. The fourth-order valence-corrected chi connectivity index (χ4v) is 3.27. The zero-order chi connectivity index (χ0) is 16.9. The van der Waals surface area contributed by atoms with Crippen molar-refractivity contribution in [1.29, 1.82) is 0 Å². The number of nitrogens with zero attached hydrogens (tertiary/aromatic N) is 4. The summed E-state index contributed by atoms with van der Waals surface area (Å²) in [6.45, 7) is 4.13. The number of carbonyl (C=O) groups excluding carboxylic acids is 1. The summed E-state index contributed by atoms with van der Waals surface area (Å²) in [6.07, 6.45) is 2.47. The molecule has 2 N–H and O–H groups in total. The highest BCUT2D eigenvalue weighted by molar-refractivity contribution is 7.13. The lowest BCUT2D eigenvalue weighted by Gasteiger charge is -2.12. The molecule has 24 heavy (non-hydrogen) atoms. The Kier molecular flexibility index (Phi) is 5.11. The van der Waals surface area contributed by atoms with Crippen LogP contribution in [0.4, 0.5) is 10.9 Å². The molecule has 1 atom stereocenters. The van der Waals surface area contributed by atoms with Crippen LogP contribution in [0.25, 0.3) is 0 Å². The van der Waals surface area contributed by atoms with Gasteiger partial charge in [-0.2, -0.15) is 0 Å². The van der Waals surface area contributed by atoms with Crippen LogP contribution in [0.3, 0.4) is 0 Å². The van der Waals surface area contributed by atoms with Crippen molar-refractivity contribution in [2.45, 2.75) is 26.3 Å². The number of rotatable bonds is 6. The van der Waals surface area contributed by atoms with Gasteiger partial charge in [0, 0.05) is 11.6 Å². The van der Waals surface area contributed by atoms with Gasteiger partial charge in [0.05, 0.1) is 22.3 Å². The Hall–Kier alpha value is -2.39. The molecule has 0 spiro atoms. The summed E-state index contributed by atoms with van der Waals surface area (Å²) in [5.74, 6) is 0.437. The number of carbonyl (C=O) groups is 1. The number of thiazole rings is 1. The van der Waals surface area contributed by atoms with E-state index in [1.54, 1.807) is 29.0 Å². The summed E-state index contributed by atoms with van der Waals surface area (Å²) in [6, 6.07) is 3.55. The Bertz CT molecular complexity index is 800. The van der Waals surface area contributed by atoms with Gasteiger partial charge in [-0.25, -0.2) is 9.97 Å². The van der Waals surface area contributed by atoms with Crippen molar-refractivity contribution >= 4 is 39.5 Å². The number of hydrogen-bond acceptors (Lipinski definition) is 8. The first kappa shape index (κ1) is 16.5. The molecule has 3 aromatic rings. The lowest BCUT2D eigenvalue weighted by atomic mass is 10.2. The van der Waals surface area contributed by atoms with Crippen molar-refractivity contribution in [1.82, 2.24) is 20.2 Å². The molecule has 3 rings (SSSR count). The van der Waals surface area contributed by atoms with Crippen LogP contribution in [0.5, 0.6) is 0 Å². The van der Waals surface area contributed by atoms with Gasteiger partial charge in [0.25, 0.3) is 5.91 Å². The van der Waals surface area contributed by atoms with Gasteiger partial charge < -0.3 is 5.32 Å². The Balaban J connectivity index is 1.62. The van der Waals surface area contributed by atoms with Gasteiger partial charge in [-0.3, -0.25) is 10.1 Å². The van der Waals surface area contributed by atoms with E-state index in [2.05, 4.69) is 43.1 Å². The largest absolute Gasteiger partial charge is 0.362 e. The van der Waals surface area contributed by atoms with Crippen LogP contribution in [0.15, 0.2) is 29.2 Å². The number of nitrogens with one attached hydrogen (secondary N) is 2. The van der Waals surface area contributed by atoms with E-state index >= 15 is 0 Å². The van der Waals surface area contributed by atoms with E-state index in [1.165, 1.54) is 17.5 Å². The van der Waals surface area contributed by atoms with E-state index in [4.69, 9.17) is 0 Å². The van der Waals surface area contributed by atoms with Crippen LogP contribution in [-0.4, -0.2) is 26.1 Å². The van der Waals surface area contributed by atoms with E-state index in [0.717, 1.165) is 17.1 Å². The topological polar surface area (TPSA) is 92.7 Å². The van der Waals surface area contributed by atoms with Gasteiger partial charge in [-0.15, -0.1) is 21.5 Å². The molecule has 3 aromatic heterocycles. The van der Waals surface area contributed by atoms with Gasteiger partial charge in [0.1, 0.15) is 11.3 Å². The van der Waals surface area contributed by atoms with Gasteiger partial charge >= 0.3 is 0 Å². The minimum Gasteiger partial charge on any atom is -0.362 e. The van der Waals surface area contributed by atoms with Crippen molar-refractivity contribution in [3.05, 3.63) is 45.5 Å². The van der Waals surface area contributed by atoms with Crippen LogP contribution in [0.1, 0.15) is 40.9 Å². The summed E-state index contributed by atoms with van der Waals surface area (Å²) < 4.78 is 0. The molecule has 0 aliphatic carbocycles. The number of anilines is 2. The molecule has 0 aliphatic heterocycles.